The molecule has 1 aliphatic rings. The SMILES string of the molecule is FC(F)(F)c1ccc(SNc2cccc3ccc(CNC4CCCC4)nc23)cc1. The minimum absolute atomic E-state index is 0.580. The average Bonchev–Trinajstić information content (AvgIpc) is 3.24. The zero-order valence-electron chi connectivity index (χ0n) is 15.8. The second-order valence-electron chi connectivity index (χ2n) is 7.27. The van der Waals surface area contributed by atoms with Crippen LogP contribution in [0.15, 0.2) is 59.5 Å². The number of para-hydroxylation sites is 1. The summed E-state index contributed by atoms with van der Waals surface area (Å²) in [6.07, 6.45) is 0.712. The van der Waals surface area contributed by atoms with E-state index in [1.165, 1.54) is 49.8 Å². The molecule has 2 aromatic carbocycles. The number of rotatable bonds is 6. The predicted molar refractivity (Wildman–Crippen MR) is 112 cm³/mol. The molecule has 3 nitrogen and oxygen atoms in total. The molecule has 0 unspecified atom stereocenters. The Balaban J connectivity index is 1.46. The molecular formula is C22H22F3N3S. The number of aromatic nitrogens is 1. The molecular weight excluding hydrogens is 395 g/mol. The van der Waals surface area contributed by atoms with E-state index in [1.807, 2.05) is 24.3 Å². The molecule has 0 amide bonds. The van der Waals surface area contributed by atoms with Gasteiger partial charge in [0.15, 0.2) is 0 Å². The van der Waals surface area contributed by atoms with Gasteiger partial charge in [-0.3, -0.25) is 0 Å². The van der Waals surface area contributed by atoms with E-state index in [1.54, 1.807) is 0 Å². The zero-order valence-corrected chi connectivity index (χ0v) is 16.6. The maximum absolute atomic E-state index is 12.7. The van der Waals surface area contributed by atoms with Crippen molar-refractivity contribution in [2.45, 2.75) is 49.3 Å². The largest absolute Gasteiger partial charge is 0.416 e. The third-order valence-corrected chi connectivity index (χ3v) is 6.00. The van der Waals surface area contributed by atoms with Crippen molar-refractivity contribution in [2.75, 3.05) is 4.72 Å². The summed E-state index contributed by atoms with van der Waals surface area (Å²) in [6.45, 7) is 0.737. The van der Waals surface area contributed by atoms with Crippen LogP contribution in [0.4, 0.5) is 18.9 Å². The lowest BCUT2D eigenvalue weighted by molar-refractivity contribution is -0.137. The number of hydrogen-bond acceptors (Lipinski definition) is 4. The minimum Gasteiger partial charge on any atom is -0.324 e. The van der Waals surface area contributed by atoms with E-state index in [-0.39, 0.29) is 0 Å². The van der Waals surface area contributed by atoms with Crippen molar-refractivity contribution < 1.29 is 13.2 Å². The molecule has 1 fully saturated rings. The Morgan fingerprint density at radius 3 is 2.45 bits per heavy atom. The number of hydrogen-bond donors (Lipinski definition) is 2. The Morgan fingerprint density at radius 1 is 0.966 bits per heavy atom. The van der Waals surface area contributed by atoms with Crippen LogP contribution in [-0.4, -0.2) is 11.0 Å². The lowest BCUT2D eigenvalue weighted by Crippen LogP contribution is -2.25. The molecule has 1 heterocycles. The van der Waals surface area contributed by atoms with E-state index in [4.69, 9.17) is 4.98 Å². The smallest absolute Gasteiger partial charge is 0.324 e. The Morgan fingerprint density at radius 2 is 1.72 bits per heavy atom. The lowest BCUT2D eigenvalue weighted by Gasteiger charge is -2.13. The van der Waals surface area contributed by atoms with Crippen molar-refractivity contribution in [3.8, 4) is 0 Å². The average molecular weight is 418 g/mol. The van der Waals surface area contributed by atoms with Crippen molar-refractivity contribution in [3.05, 3.63) is 65.9 Å². The van der Waals surface area contributed by atoms with Crippen LogP contribution < -0.4 is 10.0 Å². The van der Waals surface area contributed by atoms with Crippen molar-refractivity contribution in [1.82, 2.24) is 10.3 Å². The van der Waals surface area contributed by atoms with Gasteiger partial charge in [-0.2, -0.15) is 13.2 Å². The van der Waals surface area contributed by atoms with Gasteiger partial charge in [-0.1, -0.05) is 31.0 Å². The van der Waals surface area contributed by atoms with Gasteiger partial charge >= 0.3 is 6.18 Å². The fourth-order valence-electron chi connectivity index (χ4n) is 3.57. The van der Waals surface area contributed by atoms with Crippen LogP contribution in [0.5, 0.6) is 0 Å². The summed E-state index contributed by atoms with van der Waals surface area (Å²) in [4.78, 5) is 5.51. The summed E-state index contributed by atoms with van der Waals surface area (Å²) in [6, 6.07) is 15.7. The Bertz CT molecular complexity index is 967. The summed E-state index contributed by atoms with van der Waals surface area (Å²) in [5.41, 5.74) is 2.04. The summed E-state index contributed by atoms with van der Waals surface area (Å²) in [5.74, 6) is 0. The maximum atomic E-state index is 12.7. The molecule has 2 N–H and O–H groups in total. The van der Waals surface area contributed by atoms with E-state index in [0.717, 1.165) is 41.0 Å². The molecule has 0 radical (unpaired) electrons. The van der Waals surface area contributed by atoms with E-state index in [0.29, 0.717) is 10.9 Å². The maximum Gasteiger partial charge on any atom is 0.416 e. The van der Waals surface area contributed by atoms with Crippen LogP contribution in [0, 0.1) is 0 Å². The number of nitrogens with one attached hydrogen (secondary N) is 2. The van der Waals surface area contributed by atoms with Gasteiger partial charge in [-0.25, -0.2) is 4.98 Å². The number of pyridine rings is 1. The molecule has 152 valence electrons. The van der Waals surface area contributed by atoms with E-state index < -0.39 is 11.7 Å². The van der Waals surface area contributed by atoms with Crippen LogP contribution in [-0.2, 0) is 12.7 Å². The first-order valence-corrected chi connectivity index (χ1v) is 10.5. The van der Waals surface area contributed by atoms with Crippen LogP contribution in [0.3, 0.4) is 0 Å². The molecule has 29 heavy (non-hydrogen) atoms. The highest BCUT2D eigenvalue weighted by Crippen LogP contribution is 2.32. The standard InChI is InChI=1S/C22H22F3N3S/c23-22(24,25)16-9-12-19(13-10-16)29-28-20-7-3-4-15-8-11-18(27-21(15)20)14-26-17-5-1-2-6-17/h3-4,7-13,17,26,28H,1-2,5-6,14H2. The van der Waals surface area contributed by atoms with E-state index in [2.05, 4.69) is 16.1 Å². The molecule has 4 rings (SSSR count). The Hall–Kier alpha value is -2.25. The van der Waals surface area contributed by atoms with Gasteiger partial charge in [0.05, 0.1) is 22.5 Å². The number of anilines is 1. The van der Waals surface area contributed by atoms with Gasteiger partial charge < -0.3 is 10.0 Å². The first-order chi connectivity index (χ1) is 14.0. The molecule has 1 aromatic heterocycles. The first-order valence-electron chi connectivity index (χ1n) is 9.71. The molecule has 0 bridgehead atoms. The molecule has 3 aromatic rings. The van der Waals surface area contributed by atoms with Crippen molar-refractivity contribution in [3.63, 3.8) is 0 Å². The van der Waals surface area contributed by atoms with Crippen LogP contribution in [0.2, 0.25) is 0 Å². The van der Waals surface area contributed by atoms with E-state index >= 15 is 0 Å². The van der Waals surface area contributed by atoms with Crippen LogP contribution >= 0.6 is 11.9 Å². The normalized spacial score (nSPS) is 15.1. The molecule has 0 aliphatic heterocycles. The monoisotopic (exact) mass is 417 g/mol. The summed E-state index contributed by atoms with van der Waals surface area (Å²) >= 11 is 1.27. The molecule has 0 saturated heterocycles. The first kappa shape index (κ1) is 20.0. The molecule has 7 heteroatoms. The van der Waals surface area contributed by atoms with Gasteiger partial charge in [0.2, 0.25) is 0 Å². The molecule has 1 saturated carbocycles. The molecule has 0 spiro atoms. The van der Waals surface area contributed by atoms with Gasteiger partial charge in [0, 0.05) is 22.9 Å². The highest BCUT2D eigenvalue weighted by molar-refractivity contribution is 8.00. The summed E-state index contributed by atoms with van der Waals surface area (Å²) in [7, 11) is 0. The fraction of sp³-hybridized carbons (Fsp3) is 0.318. The topological polar surface area (TPSA) is 37.0 Å². The van der Waals surface area contributed by atoms with Gasteiger partial charge in [0.1, 0.15) is 0 Å². The van der Waals surface area contributed by atoms with Gasteiger partial charge in [-0.15, -0.1) is 0 Å². The predicted octanol–water partition coefficient (Wildman–Crippen LogP) is 6.41. The lowest BCUT2D eigenvalue weighted by atomic mass is 10.1. The highest BCUT2D eigenvalue weighted by atomic mass is 32.2. The summed E-state index contributed by atoms with van der Waals surface area (Å²) < 4.78 is 41.4. The Labute approximate surface area is 172 Å². The van der Waals surface area contributed by atoms with Crippen LogP contribution in [0.1, 0.15) is 36.9 Å². The number of halogens is 3. The van der Waals surface area contributed by atoms with E-state index in [9.17, 15) is 13.2 Å². The number of benzene rings is 2. The van der Waals surface area contributed by atoms with Crippen molar-refractivity contribution >= 4 is 28.5 Å². The number of alkyl halides is 3. The van der Waals surface area contributed by atoms with Crippen molar-refractivity contribution in [2.24, 2.45) is 0 Å². The number of nitrogens with zero attached hydrogens (tertiary/aromatic N) is 1. The molecule has 0 atom stereocenters. The fourth-order valence-corrected chi connectivity index (χ4v) is 4.24. The van der Waals surface area contributed by atoms with Gasteiger partial charge in [-0.05, 0) is 61.2 Å². The van der Waals surface area contributed by atoms with Crippen molar-refractivity contribution in [1.29, 1.82) is 0 Å². The Kier molecular flexibility index (Phi) is 5.96. The third-order valence-electron chi connectivity index (χ3n) is 5.17. The summed E-state index contributed by atoms with van der Waals surface area (Å²) in [5, 5.41) is 4.60. The highest BCUT2D eigenvalue weighted by Gasteiger charge is 2.29. The van der Waals surface area contributed by atoms with Gasteiger partial charge in [0.25, 0.3) is 0 Å². The zero-order chi connectivity index (χ0) is 20.3. The van der Waals surface area contributed by atoms with Crippen LogP contribution in [0.25, 0.3) is 10.9 Å². The second kappa shape index (κ2) is 8.63. The second-order valence-corrected chi connectivity index (χ2v) is 8.15. The molecule has 1 aliphatic carbocycles. The minimum atomic E-state index is -4.32. The quantitative estimate of drug-likeness (QED) is 0.455. The third kappa shape index (κ3) is 5.03. The number of fused-ring (bicyclic) bond motifs is 1.